The SMILES string of the molecule is Cc1cc[n+](/C(C(=S)SCc2ccccc2)=C(/O)c2ccccc2)cc1. The molecule has 0 aliphatic carbocycles. The van der Waals surface area contributed by atoms with E-state index in [1.54, 1.807) is 11.8 Å². The van der Waals surface area contributed by atoms with Crippen molar-refractivity contribution in [2.24, 2.45) is 0 Å². The van der Waals surface area contributed by atoms with Gasteiger partial charge in [0.1, 0.15) is 4.20 Å². The third-order valence-electron chi connectivity index (χ3n) is 3.93. The van der Waals surface area contributed by atoms with Crippen molar-refractivity contribution in [3.05, 3.63) is 102 Å². The van der Waals surface area contributed by atoms with Gasteiger partial charge in [-0.05, 0) is 18.1 Å². The first-order valence-electron chi connectivity index (χ1n) is 8.33. The topological polar surface area (TPSA) is 24.1 Å². The summed E-state index contributed by atoms with van der Waals surface area (Å²) in [5.74, 6) is 0.947. The van der Waals surface area contributed by atoms with Crippen molar-refractivity contribution >= 4 is 39.6 Å². The average molecular weight is 379 g/mol. The summed E-state index contributed by atoms with van der Waals surface area (Å²) in [7, 11) is 0. The van der Waals surface area contributed by atoms with Crippen LogP contribution >= 0.6 is 24.0 Å². The molecule has 0 spiro atoms. The van der Waals surface area contributed by atoms with Crippen LogP contribution in [0.15, 0.2) is 85.2 Å². The van der Waals surface area contributed by atoms with Gasteiger partial charge in [0.25, 0.3) is 5.70 Å². The summed E-state index contributed by atoms with van der Waals surface area (Å²) < 4.78 is 2.54. The lowest BCUT2D eigenvalue weighted by molar-refractivity contribution is -0.575. The third kappa shape index (κ3) is 4.59. The summed E-state index contributed by atoms with van der Waals surface area (Å²) in [6.45, 7) is 2.03. The third-order valence-corrected chi connectivity index (χ3v) is 5.41. The maximum atomic E-state index is 10.9. The molecule has 130 valence electrons. The van der Waals surface area contributed by atoms with E-state index in [1.165, 1.54) is 5.56 Å². The highest BCUT2D eigenvalue weighted by molar-refractivity contribution is 8.23. The molecular weight excluding hydrogens is 358 g/mol. The van der Waals surface area contributed by atoms with Crippen molar-refractivity contribution in [2.75, 3.05) is 0 Å². The molecule has 0 fully saturated rings. The minimum Gasteiger partial charge on any atom is -0.502 e. The van der Waals surface area contributed by atoms with Crippen LogP contribution in [0.3, 0.4) is 0 Å². The second kappa shape index (κ2) is 8.79. The summed E-state index contributed by atoms with van der Waals surface area (Å²) in [6.07, 6.45) is 3.86. The molecule has 0 bridgehead atoms. The van der Waals surface area contributed by atoms with E-state index in [4.69, 9.17) is 12.2 Å². The normalized spacial score (nSPS) is 11.7. The lowest BCUT2D eigenvalue weighted by atomic mass is 10.1. The van der Waals surface area contributed by atoms with E-state index in [0.29, 0.717) is 9.89 Å². The number of thioether (sulfide) groups is 1. The summed E-state index contributed by atoms with van der Waals surface area (Å²) in [5, 5.41) is 10.9. The van der Waals surface area contributed by atoms with E-state index in [0.717, 1.165) is 16.9 Å². The van der Waals surface area contributed by atoms with Crippen molar-refractivity contribution < 1.29 is 9.67 Å². The Hall–Kier alpha value is -2.43. The summed E-state index contributed by atoms with van der Waals surface area (Å²) in [5.41, 5.74) is 3.74. The highest BCUT2D eigenvalue weighted by Crippen LogP contribution is 2.24. The molecule has 1 heterocycles. The van der Waals surface area contributed by atoms with Crippen LogP contribution in [-0.4, -0.2) is 9.30 Å². The van der Waals surface area contributed by atoms with E-state index in [9.17, 15) is 5.11 Å². The second-order valence-electron chi connectivity index (χ2n) is 5.91. The van der Waals surface area contributed by atoms with Crippen LogP contribution in [0.25, 0.3) is 11.5 Å². The molecular formula is C22H20NOS2+. The summed E-state index contributed by atoms with van der Waals surface area (Å²) in [4.78, 5) is 0. The fourth-order valence-corrected chi connectivity index (χ4v) is 3.71. The molecule has 0 radical (unpaired) electrons. The molecule has 1 N–H and O–H groups in total. The number of hydrogen-bond acceptors (Lipinski definition) is 3. The minimum absolute atomic E-state index is 0.185. The molecule has 0 amide bonds. The number of nitrogens with zero attached hydrogens (tertiary/aromatic N) is 1. The average Bonchev–Trinajstić information content (AvgIpc) is 2.69. The fraction of sp³-hybridized carbons (Fsp3) is 0.0909. The Morgan fingerprint density at radius 1 is 0.923 bits per heavy atom. The van der Waals surface area contributed by atoms with Crippen LogP contribution in [-0.2, 0) is 5.75 Å². The molecule has 26 heavy (non-hydrogen) atoms. The van der Waals surface area contributed by atoms with E-state index in [-0.39, 0.29) is 5.76 Å². The molecule has 0 unspecified atom stereocenters. The van der Waals surface area contributed by atoms with Gasteiger partial charge in [-0.25, -0.2) is 0 Å². The number of rotatable bonds is 5. The van der Waals surface area contributed by atoms with Crippen molar-refractivity contribution in [3.8, 4) is 0 Å². The monoisotopic (exact) mass is 378 g/mol. The fourth-order valence-electron chi connectivity index (χ4n) is 2.50. The van der Waals surface area contributed by atoms with Crippen LogP contribution in [0.2, 0.25) is 0 Å². The van der Waals surface area contributed by atoms with Gasteiger partial charge in [0.05, 0.1) is 0 Å². The first-order chi connectivity index (χ1) is 12.6. The molecule has 2 nitrogen and oxygen atoms in total. The number of hydrogen-bond donors (Lipinski definition) is 1. The van der Waals surface area contributed by atoms with Crippen molar-refractivity contribution in [1.82, 2.24) is 0 Å². The van der Waals surface area contributed by atoms with Crippen molar-refractivity contribution in [3.63, 3.8) is 0 Å². The van der Waals surface area contributed by atoms with E-state index >= 15 is 0 Å². The highest BCUT2D eigenvalue weighted by Gasteiger charge is 2.23. The maximum absolute atomic E-state index is 10.9. The van der Waals surface area contributed by atoms with Gasteiger partial charge in [-0.3, -0.25) is 0 Å². The van der Waals surface area contributed by atoms with Gasteiger partial charge < -0.3 is 5.11 Å². The Labute approximate surface area is 163 Å². The molecule has 0 aliphatic heterocycles. The summed E-state index contributed by atoms with van der Waals surface area (Å²) in [6, 6.07) is 23.7. The van der Waals surface area contributed by atoms with Gasteiger partial charge in [-0.1, -0.05) is 72.9 Å². The highest BCUT2D eigenvalue weighted by atomic mass is 32.2. The Bertz CT molecular complexity index is 904. The molecule has 3 rings (SSSR count). The number of thiocarbonyl (C=S) groups is 1. The van der Waals surface area contributed by atoms with Crippen molar-refractivity contribution in [1.29, 1.82) is 0 Å². The standard InChI is InChI=1S/C22H19NOS2/c1-17-12-14-23(15-13-17)20(21(24)19-10-6-3-7-11-19)22(25)26-16-18-8-4-2-5-9-18/h2-15H,16H2,1H3/p+1. The Morgan fingerprint density at radius 2 is 1.50 bits per heavy atom. The molecule has 2 aromatic carbocycles. The van der Waals surface area contributed by atoms with Gasteiger partial charge in [-0.15, -0.1) is 11.8 Å². The molecule has 0 saturated heterocycles. The van der Waals surface area contributed by atoms with Crippen LogP contribution in [0, 0.1) is 6.92 Å². The molecule has 3 aromatic rings. The number of benzene rings is 2. The lowest BCUT2D eigenvalue weighted by Gasteiger charge is -2.08. The van der Waals surface area contributed by atoms with Crippen LogP contribution in [0.4, 0.5) is 0 Å². The zero-order valence-corrected chi connectivity index (χ0v) is 16.1. The number of aryl methyl sites for hydroxylation is 1. The predicted molar refractivity (Wildman–Crippen MR) is 114 cm³/mol. The Balaban J connectivity index is 1.95. The molecule has 1 aromatic heterocycles. The Kier molecular flexibility index (Phi) is 6.21. The van der Waals surface area contributed by atoms with Gasteiger partial charge >= 0.3 is 0 Å². The van der Waals surface area contributed by atoms with Crippen LogP contribution < -0.4 is 4.57 Å². The van der Waals surface area contributed by atoms with Crippen molar-refractivity contribution in [2.45, 2.75) is 12.7 Å². The first kappa shape index (κ1) is 18.4. The molecule has 4 heteroatoms. The maximum Gasteiger partial charge on any atom is 0.278 e. The van der Waals surface area contributed by atoms with E-state index in [1.807, 2.05) is 84.5 Å². The van der Waals surface area contributed by atoms with Gasteiger partial charge in [0.2, 0.25) is 0 Å². The van der Waals surface area contributed by atoms with Gasteiger partial charge in [0, 0.05) is 23.4 Å². The Morgan fingerprint density at radius 3 is 2.12 bits per heavy atom. The second-order valence-corrected chi connectivity index (χ2v) is 7.56. The van der Waals surface area contributed by atoms with E-state index < -0.39 is 0 Å². The zero-order valence-electron chi connectivity index (χ0n) is 14.5. The minimum atomic E-state index is 0.185. The largest absolute Gasteiger partial charge is 0.502 e. The predicted octanol–water partition coefficient (Wildman–Crippen LogP) is 5.43. The van der Waals surface area contributed by atoms with Crippen LogP contribution in [0.5, 0.6) is 0 Å². The molecule has 0 atom stereocenters. The van der Waals surface area contributed by atoms with Gasteiger partial charge in [-0.2, -0.15) is 4.57 Å². The number of pyridine rings is 1. The smallest absolute Gasteiger partial charge is 0.278 e. The first-order valence-corrected chi connectivity index (χ1v) is 9.72. The number of aliphatic hydroxyl groups is 1. The lowest BCUT2D eigenvalue weighted by Crippen LogP contribution is -2.35. The molecule has 0 saturated carbocycles. The number of aromatic nitrogens is 1. The number of aliphatic hydroxyl groups excluding tert-OH is 1. The molecule has 0 aliphatic rings. The van der Waals surface area contributed by atoms with Crippen LogP contribution in [0.1, 0.15) is 16.7 Å². The quantitative estimate of drug-likeness (QED) is 0.277. The summed E-state index contributed by atoms with van der Waals surface area (Å²) >= 11 is 7.24. The van der Waals surface area contributed by atoms with Gasteiger partial charge in [0.15, 0.2) is 18.2 Å². The zero-order chi connectivity index (χ0) is 18.4. The van der Waals surface area contributed by atoms with E-state index in [2.05, 4.69) is 12.1 Å².